The van der Waals surface area contributed by atoms with Gasteiger partial charge >= 0.3 is 0 Å². The van der Waals surface area contributed by atoms with E-state index in [0.717, 1.165) is 12.0 Å². The molecule has 2 atom stereocenters. The van der Waals surface area contributed by atoms with E-state index in [2.05, 4.69) is 42.6 Å². The maximum Gasteiger partial charge on any atom is 0.00989 e. The molecule has 0 saturated carbocycles. The van der Waals surface area contributed by atoms with Crippen LogP contribution in [-0.4, -0.2) is 12.6 Å². The SMILES string of the molecule is CCCCCCCCCCCCCCCCCC1NCCC1Cc1ccccc1. The molecular weight excluding hydrogens is 350 g/mol. The fourth-order valence-corrected chi connectivity index (χ4v) is 5.06. The predicted octanol–water partition coefficient (Wildman–Crippen LogP) is 8.47. The number of benzene rings is 1. The van der Waals surface area contributed by atoms with E-state index in [9.17, 15) is 0 Å². The molecule has 166 valence electrons. The van der Waals surface area contributed by atoms with Crippen molar-refractivity contribution in [2.45, 2.75) is 129 Å². The molecule has 0 aromatic heterocycles. The van der Waals surface area contributed by atoms with Crippen molar-refractivity contribution in [1.82, 2.24) is 5.32 Å². The first kappa shape index (κ1) is 24.4. The summed E-state index contributed by atoms with van der Waals surface area (Å²) in [6.45, 7) is 3.52. The van der Waals surface area contributed by atoms with E-state index in [4.69, 9.17) is 0 Å². The van der Waals surface area contributed by atoms with Crippen LogP contribution in [0.25, 0.3) is 0 Å². The van der Waals surface area contributed by atoms with E-state index in [1.165, 1.54) is 128 Å². The van der Waals surface area contributed by atoms with Gasteiger partial charge in [0.15, 0.2) is 0 Å². The standard InChI is InChI=1S/C28H49N/c1-2-3-4-5-6-7-8-9-10-11-12-13-14-15-19-22-28-27(23-24-29-28)25-26-20-17-16-18-21-26/h16-18,20-21,27-29H,2-15,19,22-25H2,1H3. The molecule has 1 saturated heterocycles. The van der Waals surface area contributed by atoms with Gasteiger partial charge in [0.1, 0.15) is 0 Å². The third kappa shape index (κ3) is 11.8. The van der Waals surface area contributed by atoms with Crippen molar-refractivity contribution in [2.24, 2.45) is 5.92 Å². The van der Waals surface area contributed by atoms with Crippen LogP contribution in [-0.2, 0) is 6.42 Å². The Balaban J connectivity index is 1.36. The minimum atomic E-state index is 0.761. The van der Waals surface area contributed by atoms with Crippen molar-refractivity contribution in [3.63, 3.8) is 0 Å². The molecule has 2 unspecified atom stereocenters. The largest absolute Gasteiger partial charge is 0.314 e. The minimum Gasteiger partial charge on any atom is -0.314 e. The van der Waals surface area contributed by atoms with Crippen molar-refractivity contribution in [3.05, 3.63) is 35.9 Å². The molecule has 1 heteroatoms. The lowest BCUT2D eigenvalue weighted by atomic mass is 9.89. The number of rotatable bonds is 18. The second-order valence-electron chi connectivity index (χ2n) is 9.54. The van der Waals surface area contributed by atoms with Gasteiger partial charge < -0.3 is 5.32 Å². The van der Waals surface area contributed by atoms with E-state index < -0.39 is 0 Å². The molecule has 2 rings (SSSR count). The molecule has 1 nitrogen and oxygen atoms in total. The van der Waals surface area contributed by atoms with Crippen molar-refractivity contribution in [3.8, 4) is 0 Å². The third-order valence-corrected chi connectivity index (χ3v) is 6.95. The van der Waals surface area contributed by atoms with Crippen molar-refractivity contribution >= 4 is 0 Å². The van der Waals surface area contributed by atoms with Gasteiger partial charge in [-0.1, -0.05) is 134 Å². The predicted molar refractivity (Wildman–Crippen MR) is 130 cm³/mol. The van der Waals surface area contributed by atoms with Gasteiger partial charge in [0.05, 0.1) is 0 Å². The smallest absolute Gasteiger partial charge is 0.00989 e. The molecule has 0 aliphatic carbocycles. The van der Waals surface area contributed by atoms with Crippen LogP contribution >= 0.6 is 0 Å². The fraction of sp³-hybridized carbons (Fsp3) is 0.786. The fourth-order valence-electron chi connectivity index (χ4n) is 5.06. The van der Waals surface area contributed by atoms with E-state index in [1.807, 2.05) is 0 Å². The van der Waals surface area contributed by atoms with Gasteiger partial charge in [0.2, 0.25) is 0 Å². The van der Waals surface area contributed by atoms with Crippen LogP contribution < -0.4 is 5.32 Å². The molecule has 1 aromatic rings. The highest BCUT2D eigenvalue weighted by atomic mass is 14.9. The van der Waals surface area contributed by atoms with Crippen LogP contribution in [0, 0.1) is 5.92 Å². The molecule has 0 radical (unpaired) electrons. The lowest BCUT2D eigenvalue weighted by Gasteiger charge is -2.19. The van der Waals surface area contributed by atoms with Gasteiger partial charge in [-0.3, -0.25) is 0 Å². The highest BCUT2D eigenvalue weighted by Crippen LogP contribution is 2.25. The maximum atomic E-state index is 3.78. The quantitative estimate of drug-likeness (QED) is 0.244. The Morgan fingerprint density at radius 1 is 0.690 bits per heavy atom. The molecule has 0 bridgehead atoms. The monoisotopic (exact) mass is 399 g/mol. The highest BCUT2D eigenvalue weighted by Gasteiger charge is 2.26. The Kier molecular flexibility index (Phi) is 14.3. The van der Waals surface area contributed by atoms with E-state index in [-0.39, 0.29) is 0 Å². The maximum absolute atomic E-state index is 3.78. The van der Waals surface area contributed by atoms with Crippen LogP contribution in [0.4, 0.5) is 0 Å². The summed E-state index contributed by atoms with van der Waals surface area (Å²) in [4.78, 5) is 0. The summed E-state index contributed by atoms with van der Waals surface area (Å²) in [5.41, 5.74) is 1.52. The Morgan fingerprint density at radius 2 is 1.21 bits per heavy atom. The highest BCUT2D eigenvalue weighted by molar-refractivity contribution is 5.16. The summed E-state index contributed by atoms with van der Waals surface area (Å²) in [6, 6.07) is 11.8. The summed E-state index contributed by atoms with van der Waals surface area (Å²) in [5.74, 6) is 0.851. The van der Waals surface area contributed by atoms with Crippen molar-refractivity contribution in [1.29, 1.82) is 0 Å². The van der Waals surface area contributed by atoms with Gasteiger partial charge in [-0.2, -0.15) is 0 Å². The molecule has 0 amide bonds. The molecule has 1 aromatic carbocycles. The first-order valence-electron chi connectivity index (χ1n) is 13.2. The average Bonchev–Trinajstić information content (AvgIpc) is 3.18. The van der Waals surface area contributed by atoms with Crippen molar-refractivity contribution < 1.29 is 0 Å². The molecule has 1 aliphatic heterocycles. The van der Waals surface area contributed by atoms with E-state index >= 15 is 0 Å². The Morgan fingerprint density at radius 3 is 1.76 bits per heavy atom. The topological polar surface area (TPSA) is 12.0 Å². The zero-order valence-electron chi connectivity index (χ0n) is 19.5. The summed E-state index contributed by atoms with van der Waals surface area (Å²) in [5, 5.41) is 3.78. The van der Waals surface area contributed by atoms with E-state index in [0.29, 0.717) is 0 Å². The normalized spacial score (nSPS) is 19.1. The molecule has 0 spiro atoms. The van der Waals surface area contributed by atoms with Gasteiger partial charge in [-0.15, -0.1) is 0 Å². The van der Waals surface area contributed by atoms with Gasteiger partial charge in [-0.25, -0.2) is 0 Å². The van der Waals surface area contributed by atoms with Crippen LogP contribution in [0.15, 0.2) is 30.3 Å². The van der Waals surface area contributed by atoms with Crippen LogP contribution in [0.5, 0.6) is 0 Å². The lowest BCUT2D eigenvalue weighted by molar-refractivity contribution is 0.402. The molecule has 1 aliphatic rings. The van der Waals surface area contributed by atoms with Crippen molar-refractivity contribution in [2.75, 3.05) is 6.54 Å². The number of unbranched alkanes of at least 4 members (excludes halogenated alkanes) is 14. The van der Waals surface area contributed by atoms with Crippen LogP contribution in [0.3, 0.4) is 0 Å². The second-order valence-corrected chi connectivity index (χ2v) is 9.54. The Labute approximate surface area is 182 Å². The Hall–Kier alpha value is -0.820. The summed E-state index contributed by atoms with van der Waals surface area (Å²) < 4.78 is 0. The Bertz CT molecular complexity index is 468. The zero-order chi connectivity index (χ0) is 20.4. The number of hydrogen-bond donors (Lipinski definition) is 1. The molecule has 1 N–H and O–H groups in total. The van der Waals surface area contributed by atoms with Crippen LogP contribution in [0.1, 0.15) is 122 Å². The molecule has 1 heterocycles. The average molecular weight is 400 g/mol. The molecular formula is C28H49N. The number of nitrogens with one attached hydrogen (secondary N) is 1. The van der Waals surface area contributed by atoms with Gasteiger partial charge in [0.25, 0.3) is 0 Å². The summed E-state index contributed by atoms with van der Waals surface area (Å²) in [6.07, 6.45) is 25.8. The summed E-state index contributed by atoms with van der Waals surface area (Å²) >= 11 is 0. The van der Waals surface area contributed by atoms with E-state index in [1.54, 1.807) is 0 Å². The second kappa shape index (κ2) is 16.9. The minimum absolute atomic E-state index is 0.761. The first-order chi connectivity index (χ1) is 14.4. The third-order valence-electron chi connectivity index (χ3n) is 6.95. The van der Waals surface area contributed by atoms with Crippen LogP contribution in [0.2, 0.25) is 0 Å². The summed E-state index contributed by atoms with van der Waals surface area (Å²) in [7, 11) is 0. The zero-order valence-corrected chi connectivity index (χ0v) is 19.5. The molecule has 1 fully saturated rings. The van der Waals surface area contributed by atoms with Gasteiger partial charge in [0, 0.05) is 6.04 Å². The first-order valence-corrected chi connectivity index (χ1v) is 13.2. The lowest BCUT2D eigenvalue weighted by Crippen LogP contribution is -2.27. The number of hydrogen-bond acceptors (Lipinski definition) is 1. The van der Waals surface area contributed by atoms with Gasteiger partial charge in [-0.05, 0) is 37.3 Å². The molecule has 29 heavy (non-hydrogen) atoms.